The zero-order chi connectivity index (χ0) is 12.3. The van der Waals surface area contributed by atoms with E-state index in [1.54, 1.807) is 12.5 Å². The van der Waals surface area contributed by atoms with Gasteiger partial charge in [-0.3, -0.25) is 4.68 Å². The lowest BCUT2D eigenvalue weighted by molar-refractivity contribution is 0.770. The molecule has 90 valence electrons. The number of nitrogens with one attached hydrogen (secondary N) is 1. The summed E-state index contributed by atoms with van der Waals surface area (Å²) in [5.41, 5.74) is 3.14. The largest absolute Gasteiger partial charge is 0.373 e. The van der Waals surface area contributed by atoms with E-state index in [9.17, 15) is 0 Å². The summed E-state index contributed by atoms with van der Waals surface area (Å²) < 4.78 is 1.83. The van der Waals surface area contributed by atoms with Gasteiger partial charge in [0.1, 0.15) is 12.1 Å². The van der Waals surface area contributed by atoms with Crippen molar-refractivity contribution in [2.75, 3.05) is 12.4 Å². The zero-order valence-electron chi connectivity index (χ0n) is 10.4. The van der Waals surface area contributed by atoms with Gasteiger partial charge in [0.05, 0.1) is 11.4 Å². The second-order valence-electron chi connectivity index (χ2n) is 3.89. The van der Waals surface area contributed by atoms with Crippen molar-refractivity contribution in [2.24, 2.45) is 7.05 Å². The van der Waals surface area contributed by atoms with Gasteiger partial charge in [0.15, 0.2) is 0 Å². The minimum Gasteiger partial charge on any atom is -0.373 e. The molecule has 0 amide bonds. The van der Waals surface area contributed by atoms with Crippen LogP contribution in [0.5, 0.6) is 0 Å². The van der Waals surface area contributed by atoms with E-state index >= 15 is 0 Å². The molecule has 0 aromatic carbocycles. The van der Waals surface area contributed by atoms with E-state index in [2.05, 4.69) is 27.3 Å². The molecule has 17 heavy (non-hydrogen) atoms. The lowest BCUT2D eigenvalue weighted by Crippen LogP contribution is -2.05. The quantitative estimate of drug-likeness (QED) is 0.872. The Kier molecular flexibility index (Phi) is 3.37. The van der Waals surface area contributed by atoms with Gasteiger partial charge in [-0.1, -0.05) is 13.3 Å². The molecule has 2 aromatic rings. The van der Waals surface area contributed by atoms with Crippen LogP contribution in [0.15, 0.2) is 18.6 Å². The van der Waals surface area contributed by atoms with Gasteiger partial charge in [-0.25, -0.2) is 9.97 Å². The molecular weight excluding hydrogens is 214 g/mol. The molecule has 0 aliphatic heterocycles. The van der Waals surface area contributed by atoms with Gasteiger partial charge in [0, 0.05) is 25.9 Å². The van der Waals surface area contributed by atoms with E-state index in [0.29, 0.717) is 0 Å². The summed E-state index contributed by atoms with van der Waals surface area (Å²) in [5.74, 6) is 0.901. The van der Waals surface area contributed by atoms with E-state index in [4.69, 9.17) is 0 Å². The monoisotopic (exact) mass is 231 g/mol. The number of hydrogen-bond donors (Lipinski definition) is 1. The van der Waals surface area contributed by atoms with E-state index < -0.39 is 0 Å². The van der Waals surface area contributed by atoms with E-state index in [-0.39, 0.29) is 0 Å². The van der Waals surface area contributed by atoms with Crippen LogP contribution in [0.4, 0.5) is 5.82 Å². The van der Waals surface area contributed by atoms with Gasteiger partial charge in [0.25, 0.3) is 0 Å². The first kappa shape index (κ1) is 11.6. The maximum absolute atomic E-state index is 4.40. The van der Waals surface area contributed by atoms with Crippen LogP contribution in [0.1, 0.15) is 18.9 Å². The smallest absolute Gasteiger partial charge is 0.132 e. The van der Waals surface area contributed by atoms with Crippen LogP contribution in [-0.2, 0) is 13.5 Å². The fourth-order valence-electron chi connectivity index (χ4n) is 1.94. The van der Waals surface area contributed by atoms with Crippen molar-refractivity contribution in [2.45, 2.75) is 19.8 Å². The van der Waals surface area contributed by atoms with Crippen LogP contribution in [-0.4, -0.2) is 26.8 Å². The topological polar surface area (TPSA) is 55.6 Å². The normalized spacial score (nSPS) is 10.5. The standard InChI is InChI=1S/C12H17N5/c1-4-5-9-11(10-6-7-16-17(10)3)14-8-15-12(9)13-2/h6-8H,4-5H2,1-3H3,(H,13,14,15). The van der Waals surface area contributed by atoms with Crippen molar-refractivity contribution >= 4 is 5.82 Å². The number of anilines is 1. The predicted molar refractivity (Wildman–Crippen MR) is 67.8 cm³/mol. The minimum absolute atomic E-state index is 0.901. The van der Waals surface area contributed by atoms with Crippen molar-refractivity contribution in [3.8, 4) is 11.4 Å². The summed E-state index contributed by atoms with van der Waals surface area (Å²) in [6.45, 7) is 2.15. The van der Waals surface area contributed by atoms with E-state index in [0.717, 1.165) is 35.6 Å². The van der Waals surface area contributed by atoms with E-state index in [1.165, 1.54) is 0 Å². The molecule has 0 spiro atoms. The first-order chi connectivity index (χ1) is 8.27. The maximum Gasteiger partial charge on any atom is 0.132 e. The number of aromatic nitrogens is 4. The molecule has 0 saturated heterocycles. The molecule has 0 atom stereocenters. The third kappa shape index (κ3) is 2.13. The second-order valence-corrected chi connectivity index (χ2v) is 3.89. The fourth-order valence-corrected chi connectivity index (χ4v) is 1.94. The molecule has 0 bridgehead atoms. The van der Waals surface area contributed by atoms with Crippen LogP contribution in [0.2, 0.25) is 0 Å². The molecular formula is C12H17N5. The summed E-state index contributed by atoms with van der Waals surface area (Å²) in [6, 6.07) is 1.97. The average Bonchev–Trinajstić information content (AvgIpc) is 2.76. The Morgan fingerprint density at radius 2 is 2.18 bits per heavy atom. The highest BCUT2D eigenvalue weighted by molar-refractivity contribution is 5.65. The lowest BCUT2D eigenvalue weighted by atomic mass is 10.1. The Morgan fingerprint density at radius 3 is 2.76 bits per heavy atom. The molecule has 0 radical (unpaired) electrons. The number of rotatable bonds is 4. The molecule has 0 aliphatic carbocycles. The van der Waals surface area contributed by atoms with Crippen LogP contribution in [0, 0.1) is 0 Å². The summed E-state index contributed by atoms with van der Waals surface area (Å²) in [6.07, 6.45) is 5.39. The van der Waals surface area contributed by atoms with Gasteiger partial charge in [0.2, 0.25) is 0 Å². The van der Waals surface area contributed by atoms with Gasteiger partial charge in [-0.2, -0.15) is 5.10 Å². The van der Waals surface area contributed by atoms with Gasteiger partial charge >= 0.3 is 0 Å². The molecule has 2 aromatic heterocycles. The molecule has 0 fully saturated rings. The highest BCUT2D eigenvalue weighted by atomic mass is 15.3. The Bertz CT molecular complexity index is 503. The fraction of sp³-hybridized carbons (Fsp3) is 0.417. The molecule has 2 rings (SSSR count). The summed E-state index contributed by atoms with van der Waals surface area (Å²) >= 11 is 0. The highest BCUT2D eigenvalue weighted by Gasteiger charge is 2.13. The minimum atomic E-state index is 0.901. The molecule has 0 aliphatic rings. The molecule has 0 unspecified atom stereocenters. The number of hydrogen-bond acceptors (Lipinski definition) is 4. The molecule has 5 nitrogen and oxygen atoms in total. The average molecular weight is 231 g/mol. The van der Waals surface area contributed by atoms with Crippen molar-refractivity contribution in [1.29, 1.82) is 0 Å². The summed E-state index contributed by atoms with van der Waals surface area (Å²) in [7, 11) is 3.81. The van der Waals surface area contributed by atoms with Crippen molar-refractivity contribution in [3.63, 3.8) is 0 Å². The van der Waals surface area contributed by atoms with Crippen LogP contribution >= 0.6 is 0 Å². The predicted octanol–water partition coefficient (Wildman–Crippen LogP) is 1.87. The third-order valence-electron chi connectivity index (χ3n) is 2.75. The van der Waals surface area contributed by atoms with Crippen LogP contribution in [0.3, 0.4) is 0 Å². The molecule has 1 N–H and O–H groups in total. The first-order valence-corrected chi connectivity index (χ1v) is 5.78. The van der Waals surface area contributed by atoms with Crippen molar-refractivity contribution in [3.05, 3.63) is 24.2 Å². The maximum atomic E-state index is 4.40. The van der Waals surface area contributed by atoms with Crippen LogP contribution in [0.25, 0.3) is 11.4 Å². The third-order valence-corrected chi connectivity index (χ3v) is 2.75. The Hall–Kier alpha value is -1.91. The number of aryl methyl sites for hydroxylation is 1. The van der Waals surface area contributed by atoms with Crippen molar-refractivity contribution in [1.82, 2.24) is 19.7 Å². The molecule has 5 heteroatoms. The summed E-state index contributed by atoms with van der Waals surface area (Å²) in [5, 5.41) is 7.31. The molecule has 0 saturated carbocycles. The number of nitrogens with zero attached hydrogens (tertiary/aromatic N) is 4. The molecule has 2 heterocycles. The van der Waals surface area contributed by atoms with Gasteiger partial charge < -0.3 is 5.32 Å². The Morgan fingerprint density at radius 1 is 1.35 bits per heavy atom. The van der Waals surface area contributed by atoms with E-state index in [1.807, 2.05) is 24.8 Å². The SMILES string of the molecule is CCCc1c(NC)ncnc1-c1ccnn1C. The summed E-state index contributed by atoms with van der Waals surface area (Å²) in [4.78, 5) is 8.66. The van der Waals surface area contributed by atoms with Crippen LogP contribution < -0.4 is 5.32 Å². The van der Waals surface area contributed by atoms with Crippen molar-refractivity contribution < 1.29 is 0 Å². The Labute approximate surface area is 101 Å². The second kappa shape index (κ2) is 4.95. The Balaban J connectivity index is 2.57. The highest BCUT2D eigenvalue weighted by Crippen LogP contribution is 2.25. The zero-order valence-corrected chi connectivity index (χ0v) is 10.4. The lowest BCUT2D eigenvalue weighted by Gasteiger charge is -2.11. The van der Waals surface area contributed by atoms with Gasteiger partial charge in [-0.05, 0) is 12.5 Å². The first-order valence-electron chi connectivity index (χ1n) is 5.78. The van der Waals surface area contributed by atoms with Gasteiger partial charge in [-0.15, -0.1) is 0 Å².